The number of rotatable bonds is 2. The maximum Gasteiger partial charge on any atom is 0.258 e. The van der Waals surface area contributed by atoms with Crippen LogP contribution in [-0.4, -0.2) is 11.1 Å². The number of fused-ring (bicyclic) bond motifs is 1. The van der Waals surface area contributed by atoms with Crippen molar-refractivity contribution in [1.82, 2.24) is 5.16 Å². The molecule has 0 spiro atoms. The molecule has 4 nitrogen and oxygen atoms in total. The fourth-order valence-electron chi connectivity index (χ4n) is 2.21. The normalized spacial score (nSPS) is 13.4. The molecule has 1 aromatic carbocycles. The van der Waals surface area contributed by atoms with Crippen LogP contribution < -0.4 is 5.32 Å². The first-order valence-corrected chi connectivity index (χ1v) is 6.09. The molecule has 1 amide bonds. The van der Waals surface area contributed by atoms with E-state index in [1.807, 2.05) is 19.1 Å². The summed E-state index contributed by atoms with van der Waals surface area (Å²) in [4.78, 5) is 12.0. The van der Waals surface area contributed by atoms with Gasteiger partial charge in [0.15, 0.2) is 0 Å². The molecule has 1 aliphatic carbocycles. The molecule has 3 rings (SSSR count). The van der Waals surface area contributed by atoms with E-state index in [0.29, 0.717) is 11.4 Å². The summed E-state index contributed by atoms with van der Waals surface area (Å²) in [6.45, 7) is 1.99. The molecule has 0 saturated carbocycles. The number of aromatic nitrogens is 1. The molecule has 1 aliphatic rings. The summed E-state index contributed by atoms with van der Waals surface area (Å²) < 4.78 is 5.17. The second-order valence-corrected chi connectivity index (χ2v) is 4.61. The molecule has 0 unspecified atom stereocenters. The van der Waals surface area contributed by atoms with Crippen LogP contribution in [-0.2, 0) is 12.8 Å². The highest BCUT2D eigenvalue weighted by Crippen LogP contribution is 2.28. The van der Waals surface area contributed by atoms with Crippen molar-refractivity contribution >= 4 is 11.8 Å². The first-order valence-electron chi connectivity index (χ1n) is 6.09. The van der Waals surface area contributed by atoms with Gasteiger partial charge in [-0.25, -0.2) is 0 Å². The highest BCUT2D eigenvalue weighted by molar-refractivity contribution is 6.03. The van der Waals surface area contributed by atoms with Crippen molar-refractivity contribution in [2.75, 3.05) is 5.32 Å². The fraction of sp³-hybridized carbons (Fsp3) is 0.286. The zero-order chi connectivity index (χ0) is 12.5. The van der Waals surface area contributed by atoms with Crippen LogP contribution in [0.25, 0.3) is 0 Å². The van der Waals surface area contributed by atoms with Crippen LogP contribution in [0.2, 0.25) is 0 Å². The van der Waals surface area contributed by atoms with E-state index in [4.69, 9.17) is 4.52 Å². The molecule has 2 aromatic rings. The average Bonchev–Trinajstić information content (AvgIpc) is 2.95. The molecule has 4 heteroatoms. The minimum absolute atomic E-state index is 0.152. The van der Waals surface area contributed by atoms with Crippen molar-refractivity contribution in [3.05, 3.63) is 46.6 Å². The van der Waals surface area contributed by atoms with Gasteiger partial charge in [0.1, 0.15) is 0 Å². The van der Waals surface area contributed by atoms with E-state index in [1.165, 1.54) is 0 Å². The molecule has 0 bridgehead atoms. The fourth-order valence-corrected chi connectivity index (χ4v) is 2.21. The van der Waals surface area contributed by atoms with E-state index in [0.717, 1.165) is 36.1 Å². The Kier molecular flexibility index (Phi) is 2.63. The molecular formula is C14H14N2O2. The largest absolute Gasteiger partial charge is 0.338 e. The molecule has 1 heterocycles. The van der Waals surface area contributed by atoms with Gasteiger partial charge in [-0.2, -0.15) is 0 Å². The third-order valence-corrected chi connectivity index (χ3v) is 3.25. The van der Waals surface area contributed by atoms with Gasteiger partial charge in [-0.1, -0.05) is 22.9 Å². The highest BCUT2D eigenvalue weighted by Gasteiger charge is 2.22. The lowest BCUT2D eigenvalue weighted by Gasteiger charge is -2.03. The third-order valence-electron chi connectivity index (χ3n) is 3.25. The second-order valence-electron chi connectivity index (χ2n) is 4.61. The molecule has 0 fully saturated rings. The number of nitrogens with one attached hydrogen (secondary N) is 1. The monoisotopic (exact) mass is 242 g/mol. The number of carbonyl (C=O) groups excluding carboxylic acids is 1. The van der Waals surface area contributed by atoms with Gasteiger partial charge < -0.3 is 4.52 Å². The van der Waals surface area contributed by atoms with Crippen LogP contribution in [0.5, 0.6) is 0 Å². The smallest absolute Gasteiger partial charge is 0.258 e. The first kappa shape index (κ1) is 11.0. The minimum atomic E-state index is -0.152. The van der Waals surface area contributed by atoms with Gasteiger partial charge in [0.05, 0.1) is 5.69 Å². The topological polar surface area (TPSA) is 55.1 Å². The van der Waals surface area contributed by atoms with Gasteiger partial charge in [-0.15, -0.1) is 0 Å². The lowest BCUT2D eigenvalue weighted by atomic mass is 10.1. The van der Waals surface area contributed by atoms with Crippen molar-refractivity contribution in [3.63, 3.8) is 0 Å². The average molecular weight is 242 g/mol. The quantitative estimate of drug-likeness (QED) is 0.880. The maximum atomic E-state index is 12.0. The Labute approximate surface area is 105 Å². The van der Waals surface area contributed by atoms with Crippen LogP contribution in [0.1, 0.15) is 33.6 Å². The number of aryl methyl sites for hydroxylation is 2. The van der Waals surface area contributed by atoms with Crippen molar-refractivity contribution in [2.45, 2.75) is 26.2 Å². The lowest BCUT2D eigenvalue weighted by Crippen LogP contribution is -2.12. The van der Waals surface area contributed by atoms with Gasteiger partial charge in [0, 0.05) is 11.1 Å². The molecule has 0 radical (unpaired) electrons. The highest BCUT2D eigenvalue weighted by atomic mass is 16.5. The van der Waals surface area contributed by atoms with Gasteiger partial charge in [-0.05, 0) is 38.3 Å². The molecule has 92 valence electrons. The van der Waals surface area contributed by atoms with E-state index >= 15 is 0 Å². The number of hydrogen-bond donors (Lipinski definition) is 1. The van der Waals surface area contributed by atoms with Crippen molar-refractivity contribution < 1.29 is 9.32 Å². The van der Waals surface area contributed by atoms with Crippen molar-refractivity contribution in [1.29, 1.82) is 0 Å². The van der Waals surface area contributed by atoms with Crippen molar-refractivity contribution in [3.8, 4) is 0 Å². The summed E-state index contributed by atoms with van der Waals surface area (Å²) in [7, 11) is 0. The van der Waals surface area contributed by atoms with Crippen molar-refractivity contribution in [2.24, 2.45) is 0 Å². The summed E-state index contributed by atoms with van der Waals surface area (Å²) in [5.41, 5.74) is 3.79. The van der Waals surface area contributed by atoms with E-state index < -0.39 is 0 Å². The van der Waals surface area contributed by atoms with Crippen LogP contribution in [0.15, 0.2) is 28.8 Å². The Bertz CT molecular complexity index is 584. The molecule has 0 atom stereocenters. The van der Waals surface area contributed by atoms with Crippen LogP contribution in [0.4, 0.5) is 5.88 Å². The van der Waals surface area contributed by atoms with E-state index in [-0.39, 0.29) is 5.91 Å². The minimum Gasteiger partial charge on any atom is -0.338 e. The predicted molar refractivity (Wildman–Crippen MR) is 67.7 cm³/mol. The van der Waals surface area contributed by atoms with Gasteiger partial charge in [0.2, 0.25) is 5.88 Å². The number of anilines is 1. The molecular weight excluding hydrogens is 228 g/mol. The molecule has 0 aliphatic heterocycles. The summed E-state index contributed by atoms with van der Waals surface area (Å²) in [6, 6.07) is 7.45. The van der Waals surface area contributed by atoms with E-state index in [2.05, 4.69) is 10.5 Å². The Morgan fingerprint density at radius 1 is 1.28 bits per heavy atom. The Morgan fingerprint density at radius 3 is 2.83 bits per heavy atom. The summed E-state index contributed by atoms with van der Waals surface area (Å²) in [5.74, 6) is 0.355. The Hall–Kier alpha value is -2.10. The Balaban J connectivity index is 1.80. The van der Waals surface area contributed by atoms with Crippen LogP contribution in [0, 0.1) is 6.92 Å². The molecule has 0 saturated heterocycles. The molecule has 18 heavy (non-hydrogen) atoms. The summed E-state index contributed by atoms with van der Waals surface area (Å²) in [6.07, 6.45) is 2.96. The SMILES string of the molecule is Cc1ccc(C(=O)Nc2onc3c2CCC3)cc1. The predicted octanol–water partition coefficient (Wildman–Crippen LogP) is 2.72. The summed E-state index contributed by atoms with van der Waals surface area (Å²) in [5, 5.41) is 6.76. The van der Waals surface area contributed by atoms with Gasteiger partial charge in [0.25, 0.3) is 5.91 Å². The number of carbonyl (C=O) groups is 1. The number of nitrogens with zero attached hydrogens (tertiary/aromatic N) is 1. The maximum absolute atomic E-state index is 12.0. The number of amides is 1. The zero-order valence-corrected chi connectivity index (χ0v) is 10.2. The zero-order valence-electron chi connectivity index (χ0n) is 10.2. The van der Waals surface area contributed by atoms with Gasteiger partial charge in [-0.3, -0.25) is 10.1 Å². The van der Waals surface area contributed by atoms with Crippen LogP contribution >= 0.6 is 0 Å². The number of hydrogen-bond acceptors (Lipinski definition) is 3. The molecule has 1 aromatic heterocycles. The van der Waals surface area contributed by atoms with Crippen LogP contribution in [0.3, 0.4) is 0 Å². The van der Waals surface area contributed by atoms with E-state index in [1.54, 1.807) is 12.1 Å². The standard InChI is InChI=1S/C14H14N2O2/c1-9-5-7-10(8-6-9)13(17)15-14-11-3-2-4-12(11)16-18-14/h5-8H,2-4H2,1H3,(H,15,17). The lowest BCUT2D eigenvalue weighted by molar-refractivity contribution is 0.102. The Morgan fingerprint density at radius 2 is 2.06 bits per heavy atom. The second kappa shape index (κ2) is 4.29. The third kappa shape index (κ3) is 1.90. The summed E-state index contributed by atoms with van der Waals surface area (Å²) >= 11 is 0. The van der Waals surface area contributed by atoms with Gasteiger partial charge >= 0.3 is 0 Å². The van der Waals surface area contributed by atoms with E-state index in [9.17, 15) is 4.79 Å². The molecule has 1 N–H and O–H groups in total. The first-order chi connectivity index (χ1) is 8.74. The number of benzene rings is 1.